The van der Waals surface area contributed by atoms with E-state index in [-0.39, 0.29) is 5.78 Å². The van der Waals surface area contributed by atoms with Gasteiger partial charge in [-0.05, 0) is 24.6 Å². The maximum Gasteiger partial charge on any atom is 0.197 e. The Hall–Kier alpha value is -1.94. The van der Waals surface area contributed by atoms with Crippen LogP contribution in [0.4, 0.5) is 0 Å². The molecule has 0 radical (unpaired) electrons. The summed E-state index contributed by atoms with van der Waals surface area (Å²) < 4.78 is 1.65. The molecule has 2 N–H and O–H groups in total. The molecule has 0 bridgehead atoms. The minimum atomic E-state index is -0.445. The van der Waals surface area contributed by atoms with Crippen molar-refractivity contribution in [2.24, 2.45) is 5.73 Å². The number of benzene rings is 1. The summed E-state index contributed by atoms with van der Waals surface area (Å²) >= 11 is 0. The summed E-state index contributed by atoms with van der Waals surface area (Å²) in [7, 11) is 0. The Morgan fingerprint density at radius 1 is 1.32 bits per heavy atom. The van der Waals surface area contributed by atoms with Crippen molar-refractivity contribution < 1.29 is 4.79 Å². The van der Waals surface area contributed by atoms with Crippen LogP contribution in [0.2, 0.25) is 0 Å². The Morgan fingerprint density at radius 2 is 2.05 bits per heavy atom. The zero-order valence-corrected chi connectivity index (χ0v) is 11.1. The molecule has 1 atom stereocenters. The molecule has 0 aliphatic rings. The average molecular weight is 257 g/mol. The molecule has 0 aliphatic heterocycles. The van der Waals surface area contributed by atoms with Gasteiger partial charge in [-0.1, -0.05) is 38.0 Å². The van der Waals surface area contributed by atoms with Crippen molar-refractivity contribution in [1.82, 2.24) is 9.78 Å². The number of para-hydroxylation sites is 1. The maximum atomic E-state index is 12.3. The molecule has 2 rings (SSSR count). The minimum Gasteiger partial charge on any atom is -0.321 e. The predicted octanol–water partition coefficient (Wildman–Crippen LogP) is 2.57. The first-order valence-corrected chi connectivity index (χ1v) is 6.63. The molecule has 0 fully saturated rings. The third-order valence-corrected chi connectivity index (χ3v) is 3.10. The number of ketones is 1. The number of rotatable bonds is 6. The Bertz CT molecular complexity index is 533. The zero-order chi connectivity index (χ0) is 13.7. The van der Waals surface area contributed by atoms with E-state index in [9.17, 15) is 4.79 Å². The molecule has 100 valence electrons. The van der Waals surface area contributed by atoms with Crippen LogP contribution in [0.15, 0.2) is 42.6 Å². The van der Waals surface area contributed by atoms with E-state index in [4.69, 9.17) is 5.73 Å². The highest BCUT2D eigenvalue weighted by molar-refractivity contribution is 5.98. The van der Waals surface area contributed by atoms with Crippen LogP contribution in [0.25, 0.3) is 5.69 Å². The van der Waals surface area contributed by atoms with Crippen LogP contribution in [0, 0.1) is 0 Å². The number of nitrogens with zero attached hydrogens (tertiary/aromatic N) is 2. The van der Waals surface area contributed by atoms with Gasteiger partial charge < -0.3 is 5.73 Å². The van der Waals surface area contributed by atoms with Crippen molar-refractivity contribution in [3.8, 4) is 5.69 Å². The molecule has 1 unspecified atom stereocenters. The molecule has 2 aromatic rings. The standard InChI is InChI=1S/C15H19N3O/c1-2-3-9-13(16)15(19)14-10-11-17-18(14)12-7-5-4-6-8-12/h4-8,10-11,13H,2-3,9,16H2,1H3. The van der Waals surface area contributed by atoms with Crippen molar-refractivity contribution in [3.05, 3.63) is 48.3 Å². The Morgan fingerprint density at radius 3 is 2.74 bits per heavy atom. The molecule has 4 nitrogen and oxygen atoms in total. The van der Waals surface area contributed by atoms with E-state index in [1.165, 1.54) is 0 Å². The molecule has 0 saturated heterocycles. The quantitative estimate of drug-likeness (QED) is 0.809. The molecule has 1 aromatic carbocycles. The highest BCUT2D eigenvalue weighted by Crippen LogP contribution is 2.13. The van der Waals surface area contributed by atoms with Crippen molar-refractivity contribution in [3.63, 3.8) is 0 Å². The molecule has 0 aliphatic carbocycles. The summed E-state index contributed by atoms with van der Waals surface area (Å²) in [6.45, 7) is 2.09. The average Bonchev–Trinajstić information content (AvgIpc) is 2.94. The van der Waals surface area contributed by atoms with Gasteiger partial charge in [-0.15, -0.1) is 0 Å². The van der Waals surface area contributed by atoms with Crippen LogP contribution < -0.4 is 5.73 Å². The molecule has 1 aromatic heterocycles. The smallest absolute Gasteiger partial charge is 0.197 e. The summed E-state index contributed by atoms with van der Waals surface area (Å²) in [5.41, 5.74) is 7.38. The lowest BCUT2D eigenvalue weighted by atomic mass is 10.0. The fourth-order valence-corrected chi connectivity index (χ4v) is 2.01. The fraction of sp³-hybridized carbons (Fsp3) is 0.333. The van der Waals surface area contributed by atoms with Gasteiger partial charge in [0.15, 0.2) is 5.78 Å². The monoisotopic (exact) mass is 257 g/mol. The van der Waals surface area contributed by atoms with Crippen LogP contribution in [0.5, 0.6) is 0 Å². The minimum absolute atomic E-state index is 0.0465. The molecule has 0 spiro atoms. The lowest BCUT2D eigenvalue weighted by Gasteiger charge is -2.11. The van der Waals surface area contributed by atoms with Crippen LogP contribution in [-0.4, -0.2) is 21.6 Å². The number of hydrogen-bond donors (Lipinski definition) is 1. The van der Waals surface area contributed by atoms with Crippen LogP contribution >= 0.6 is 0 Å². The number of unbranched alkanes of at least 4 members (excludes halogenated alkanes) is 1. The van der Waals surface area contributed by atoms with Crippen LogP contribution in [0.3, 0.4) is 0 Å². The predicted molar refractivity (Wildman–Crippen MR) is 75.4 cm³/mol. The summed E-state index contributed by atoms with van der Waals surface area (Å²) in [5, 5.41) is 4.21. The SMILES string of the molecule is CCCCC(N)C(=O)c1ccnn1-c1ccccc1. The topological polar surface area (TPSA) is 60.9 Å². The fourth-order valence-electron chi connectivity index (χ4n) is 2.01. The van der Waals surface area contributed by atoms with E-state index in [0.717, 1.165) is 24.9 Å². The van der Waals surface area contributed by atoms with Crippen molar-refractivity contribution in [1.29, 1.82) is 0 Å². The lowest BCUT2D eigenvalue weighted by Crippen LogP contribution is -2.31. The molecule has 19 heavy (non-hydrogen) atoms. The molecule has 0 amide bonds. The highest BCUT2D eigenvalue weighted by atomic mass is 16.1. The van der Waals surface area contributed by atoms with Gasteiger partial charge in [0, 0.05) is 0 Å². The number of hydrogen-bond acceptors (Lipinski definition) is 3. The van der Waals surface area contributed by atoms with Gasteiger partial charge in [0.1, 0.15) is 5.69 Å². The van der Waals surface area contributed by atoms with Gasteiger partial charge in [-0.3, -0.25) is 4.79 Å². The Kier molecular flexibility index (Phi) is 4.47. The third kappa shape index (κ3) is 3.09. The van der Waals surface area contributed by atoms with E-state index in [1.807, 2.05) is 30.3 Å². The molecule has 0 saturated carbocycles. The van der Waals surface area contributed by atoms with Crippen LogP contribution in [0.1, 0.15) is 36.7 Å². The van der Waals surface area contributed by atoms with Crippen molar-refractivity contribution in [2.45, 2.75) is 32.2 Å². The third-order valence-electron chi connectivity index (χ3n) is 3.10. The summed E-state index contributed by atoms with van der Waals surface area (Å²) in [6.07, 6.45) is 4.35. The number of nitrogens with two attached hydrogens (primary N) is 1. The summed E-state index contributed by atoms with van der Waals surface area (Å²) in [6, 6.07) is 10.9. The number of aromatic nitrogens is 2. The second-order valence-corrected chi connectivity index (χ2v) is 4.58. The highest BCUT2D eigenvalue weighted by Gasteiger charge is 2.19. The normalized spacial score (nSPS) is 12.3. The maximum absolute atomic E-state index is 12.3. The first-order chi connectivity index (χ1) is 9.24. The zero-order valence-electron chi connectivity index (χ0n) is 11.1. The van der Waals surface area contributed by atoms with E-state index in [2.05, 4.69) is 12.0 Å². The summed E-state index contributed by atoms with van der Waals surface area (Å²) in [4.78, 5) is 12.3. The number of Topliss-reactive ketones (excluding diaryl/α,β-unsaturated/α-hetero) is 1. The molecular weight excluding hydrogens is 238 g/mol. The number of carbonyl (C=O) groups is 1. The van der Waals surface area contributed by atoms with Gasteiger partial charge in [0.05, 0.1) is 17.9 Å². The first-order valence-electron chi connectivity index (χ1n) is 6.63. The van der Waals surface area contributed by atoms with E-state index < -0.39 is 6.04 Å². The molecule has 4 heteroatoms. The van der Waals surface area contributed by atoms with E-state index >= 15 is 0 Å². The number of carbonyl (C=O) groups excluding carboxylic acids is 1. The van der Waals surface area contributed by atoms with Crippen molar-refractivity contribution >= 4 is 5.78 Å². The van der Waals surface area contributed by atoms with Gasteiger partial charge in [0.2, 0.25) is 0 Å². The Balaban J connectivity index is 2.22. The van der Waals surface area contributed by atoms with E-state index in [0.29, 0.717) is 5.69 Å². The van der Waals surface area contributed by atoms with Crippen LogP contribution in [-0.2, 0) is 0 Å². The summed E-state index contributed by atoms with van der Waals surface area (Å²) in [5.74, 6) is -0.0465. The molecular formula is C15H19N3O. The van der Waals surface area contributed by atoms with Gasteiger partial charge in [0.25, 0.3) is 0 Å². The van der Waals surface area contributed by atoms with Gasteiger partial charge in [-0.25, -0.2) is 4.68 Å². The largest absolute Gasteiger partial charge is 0.321 e. The molecule has 1 heterocycles. The Labute approximate surface area is 113 Å². The lowest BCUT2D eigenvalue weighted by molar-refractivity contribution is 0.0948. The second kappa shape index (κ2) is 6.29. The van der Waals surface area contributed by atoms with Gasteiger partial charge in [-0.2, -0.15) is 5.10 Å². The van der Waals surface area contributed by atoms with E-state index in [1.54, 1.807) is 16.9 Å². The van der Waals surface area contributed by atoms with Crippen molar-refractivity contribution in [2.75, 3.05) is 0 Å². The van der Waals surface area contributed by atoms with Gasteiger partial charge >= 0.3 is 0 Å². The first kappa shape index (κ1) is 13.5. The second-order valence-electron chi connectivity index (χ2n) is 4.58.